The van der Waals surface area contributed by atoms with Crippen LogP contribution in [-0.4, -0.2) is 26.8 Å². The van der Waals surface area contributed by atoms with Crippen LogP contribution >= 0.6 is 0 Å². The minimum Gasteiger partial charge on any atom is -0.394 e. The van der Waals surface area contributed by atoms with Crippen molar-refractivity contribution in [3.63, 3.8) is 0 Å². The van der Waals surface area contributed by atoms with Gasteiger partial charge in [-0.2, -0.15) is 4.98 Å². The highest BCUT2D eigenvalue weighted by molar-refractivity contribution is 5.52. The summed E-state index contributed by atoms with van der Waals surface area (Å²) in [6, 6.07) is 3.00. The van der Waals surface area contributed by atoms with Gasteiger partial charge in [-0.15, -0.1) is 0 Å². The van der Waals surface area contributed by atoms with E-state index in [-0.39, 0.29) is 6.61 Å². The van der Waals surface area contributed by atoms with Crippen LogP contribution in [0.25, 0.3) is 11.5 Å². The van der Waals surface area contributed by atoms with Crippen molar-refractivity contribution < 1.29 is 9.63 Å². The maximum Gasteiger partial charge on any atom is 0.258 e. The van der Waals surface area contributed by atoms with Gasteiger partial charge in [-0.25, -0.2) is 0 Å². The van der Waals surface area contributed by atoms with Gasteiger partial charge in [0.1, 0.15) is 0 Å². The van der Waals surface area contributed by atoms with Gasteiger partial charge in [-0.3, -0.25) is 4.98 Å². The monoisotopic (exact) mass is 220 g/mol. The van der Waals surface area contributed by atoms with Crippen LogP contribution in [0.5, 0.6) is 0 Å². The highest BCUT2D eigenvalue weighted by Crippen LogP contribution is 2.18. The Bertz CT molecular complexity index is 483. The number of aromatic nitrogens is 3. The molecule has 3 N–H and O–H groups in total. The molecule has 0 aliphatic heterocycles. The van der Waals surface area contributed by atoms with Gasteiger partial charge in [0.2, 0.25) is 0 Å². The van der Waals surface area contributed by atoms with Gasteiger partial charge in [0, 0.05) is 17.5 Å². The summed E-state index contributed by atoms with van der Waals surface area (Å²) in [5.41, 5.74) is 7.22. The predicted octanol–water partition coefficient (Wildman–Crippen LogP) is 0.432. The minimum atomic E-state index is -0.611. The van der Waals surface area contributed by atoms with Gasteiger partial charge >= 0.3 is 0 Å². The van der Waals surface area contributed by atoms with Gasteiger partial charge in [0.15, 0.2) is 5.82 Å². The largest absolute Gasteiger partial charge is 0.394 e. The Morgan fingerprint density at radius 1 is 1.56 bits per heavy atom. The molecule has 2 rings (SSSR count). The summed E-state index contributed by atoms with van der Waals surface area (Å²) in [5.74, 6) is 0.677. The maximum absolute atomic E-state index is 8.86. The summed E-state index contributed by atoms with van der Waals surface area (Å²) in [7, 11) is 0. The molecule has 0 amide bonds. The summed E-state index contributed by atoms with van der Waals surface area (Å²) in [5, 5.41) is 12.6. The minimum absolute atomic E-state index is 0.214. The van der Waals surface area contributed by atoms with E-state index >= 15 is 0 Å². The second-order valence-electron chi connectivity index (χ2n) is 3.43. The van der Waals surface area contributed by atoms with Crippen LogP contribution in [0.3, 0.4) is 0 Å². The molecule has 0 spiro atoms. The zero-order valence-electron chi connectivity index (χ0n) is 8.79. The first kappa shape index (κ1) is 10.7. The molecule has 1 atom stereocenters. The van der Waals surface area contributed by atoms with Crippen LogP contribution in [0.15, 0.2) is 22.9 Å². The maximum atomic E-state index is 8.86. The van der Waals surface area contributed by atoms with E-state index in [4.69, 9.17) is 15.4 Å². The molecule has 0 aliphatic rings. The number of nitrogens with zero attached hydrogens (tertiary/aromatic N) is 3. The van der Waals surface area contributed by atoms with Crippen LogP contribution < -0.4 is 5.73 Å². The lowest BCUT2D eigenvalue weighted by Gasteiger charge is -1.98. The van der Waals surface area contributed by atoms with Crippen LogP contribution in [0.4, 0.5) is 0 Å². The average Bonchev–Trinajstić information content (AvgIpc) is 2.77. The van der Waals surface area contributed by atoms with Crippen molar-refractivity contribution >= 4 is 0 Å². The predicted molar refractivity (Wildman–Crippen MR) is 56.3 cm³/mol. The molecule has 0 bridgehead atoms. The molecular weight excluding hydrogens is 208 g/mol. The number of pyridine rings is 1. The lowest BCUT2D eigenvalue weighted by Crippen LogP contribution is -2.15. The van der Waals surface area contributed by atoms with E-state index < -0.39 is 6.04 Å². The number of aliphatic hydroxyl groups excluding tert-OH is 1. The molecule has 0 fully saturated rings. The molecule has 0 aromatic carbocycles. The first-order chi connectivity index (χ1) is 7.70. The molecule has 84 valence electrons. The third-order valence-electron chi connectivity index (χ3n) is 2.11. The third-order valence-corrected chi connectivity index (χ3v) is 2.11. The Hall–Kier alpha value is -1.79. The van der Waals surface area contributed by atoms with Gasteiger partial charge in [0.05, 0.1) is 12.6 Å². The molecule has 0 radical (unpaired) electrons. The van der Waals surface area contributed by atoms with Crippen molar-refractivity contribution in [3.8, 4) is 11.5 Å². The Balaban J connectivity index is 2.31. The van der Waals surface area contributed by atoms with Crippen molar-refractivity contribution in [1.29, 1.82) is 0 Å². The topological polar surface area (TPSA) is 98.1 Å². The van der Waals surface area contributed by atoms with Gasteiger partial charge in [-0.1, -0.05) is 5.16 Å². The number of aliphatic hydroxyl groups is 1. The quantitative estimate of drug-likeness (QED) is 0.778. The number of aryl methyl sites for hydroxylation is 1. The lowest BCUT2D eigenvalue weighted by atomic mass is 10.2. The lowest BCUT2D eigenvalue weighted by molar-refractivity contribution is 0.260. The normalized spacial score (nSPS) is 12.7. The fraction of sp³-hybridized carbons (Fsp3) is 0.300. The van der Waals surface area contributed by atoms with Crippen LogP contribution in [-0.2, 0) is 0 Å². The van der Waals surface area contributed by atoms with E-state index in [0.717, 1.165) is 11.3 Å². The zero-order valence-corrected chi connectivity index (χ0v) is 8.79. The number of nitrogens with two attached hydrogens (primary N) is 1. The molecule has 2 aromatic rings. The zero-order chi connectivity index (χ0) is 11.5. The fourth-order valence-corrected chi connectivity index (χ4v) is 1.26. The number of rotatable bonds is 3. The van der Waals surface area contributed by atoms with Gasteiger partial charge < -0.3 is 15.4 Å². The summed E-state index contributed by atoms with van der Waals surface area (Å²) in [6.45, 7) is 1.66. The van der Waals surface area contributed by atoms with E-state index in [0.29, 0.717) is 11.7 Å². The molecule has 0 aliphatic carbocycles. The second kappa shape index (κ2) is 4.38. The smallest absolute Gasteiger partial charge is 0.258 e. The summed E-state index contributed by atoms with van der Waals surface area (Å²) >= 11 is 0. The van der Waals surface area contributed by atoms with E-state index in [2.05, 4.69) is 15.1 Å². The van der Waals surface area contributed by atoms with Crippen LogP contribution in [0.1, 0.15) is 17.6 Å². The summed E-state index contributed by atoms with van der Waals surface area (Å²) < 4.78 is 5.05. The molecule has 0 saturated carbocycles. The van der Waals surface area contributed by atoms with E-state index in [1.807, 2.05) is 13.0 Å². The molecule has 2 heterocycles. The summed E-state index contributed by atoms with van der Waals surface area (Å²) in [4.78, 5) is 8.17. The number of hydrogen-bond donors (Lipinski definition) is 2. The van der Waals surface area contributed by atoms with E-state index in [9.17, 15) is 0 Å². The highest BCUT2D eigenvalue weighted by Gasteiger charge is 2.14. The first-order valence-corrected chi connectivity index (χ1v) is 4.84. The van der Waals surface area contributed by atoms with Crippen molar-refractivity contribution in [2.24, 2.45) is 5.73 Å². The van der Waals surface area contributed by atoms with Gasteiger partial charge in [-0.05, 0) is 19.1 Å². The van der Waals surface area contributed by atoms with Crippen LogP contribution in [0, 0.1) is 6.92 Å². The van der Waals surface area contributed by atoms with Crippen molar-refractivity contribution in [2.45, 2.75) is 13.0 Å². The van der Waals surface area contributed by atoms with Gasteiger partial charge in [0.25, 0.3) is 5.89 Å². The Labute approximate surface area is 92.1 Å². The first-order valence-electron chi connectivity index (χ1n) is 4.84. The van der Waals surface area contributed by atoms with E-state index in [1.54, 1.807) is 12.3 Å². The molecule has 6 heteroatoms. The number of hydrogen-bond acceptors (Lipinski definition) is 6. The Morgan fingerprint density at radius 2 is 2.38 bits per heavy atom. The summed E-state index contributed by atoms with van der Waals surface area (Å²) in [6.07, 6.45) is 1.67. The third kappa shape index (κ3) is 2.07. The Kier molecular flexibility index (Phi) is 2.93. The molecule has 6 nitrogen and oxygen atoms in total. The van der Waals surface area contributed by atoms with Crippen molar-refractivity contribution in [2.75, 3.05) is 6.61 Å². The van der Waals surface area contributed by atoms with Crippen LogP contribution in [0.2, 0.25) is 0 Å². The fourth-order valence-electron chi connectivity index (χ4n) is 1.26. The SMILES string of the molecule is Cc1cc(-c2nc(C(N)CO)no2)ccn1. The highest BCUT2D eigenvalue weighted by atomic mass is 16.5. The second-order valence-corrected chi connectivity index (χ2v) is 3.43. The van der Waals surface area contributed by atoms with E-state index in [1.165, 1.54) is 0 Å². The molecule has 16 heavy (non-hydrogen) atoms. The molecular formula is C10H12N4O2. The average molecular weight is 220 g/mol. The molecule has 2 aromatic heterocycles. The molecule has 0 saturated heterocycles. The Morgan fingerprint density at radius 3 is 3.06 bits per heavy atom. The van der Waals surface area contributed by atoms with Crippen molar-refractivity contribution in [3.05, 3.63) is 29.8 Å². The molecule has 1 unspecified atom stereocenters. The van der Waals surface area contributed by atoms with Crippen molar-refractivity contribution in [1.82, 2.24) is 15.1 Å². The standard InChI is InChI=1S/C10H12N4O2/c1-6-4-7(2-3-12-6)10-13-9(14-16-10)8(11)5-15/h2-4,8,15H,5,11H2,1H3.